The fraction of sp³-hybridized carbons (Fsp3) is 0.381. The summed E-state index contributed by atoms with van der Waals surface area (Å²) in [4.78, 5) is 19.4. The zero-order valence-electron chi connectivity index (χ0n) is 16.0. The topological polar surface area (TPSA) is 73.9 Å². The Hall–Kier alpha value is -2.73. The van der Waals surface area contributed by atoms with Gasteiger partial charge in [-0.2, -0.15) is 5.10 Å². The smallest absolute Gasteiger partial charge is 0.272 e. The summed E-state index contributed by atoms with van der Waals surface area (Å²) in [6.45, 7) is 9.14. The van der Waals surface area contributed by atoms with Gasteiger partial charge in [-0.1, -0.05) is 6.07 Å². The molecule has 1 aliphatic heterocycles. The van der Waals surface area contributed by atoms with Crippen molar-refractivity contribution in [2.24, 2.45) is 0 Å². The Kier molecular flexibility index (Phi) is 4.44. The number of nitrogens with one attached hydrogen (secondary N) is 2. The summed E-state index contributed by atoms with van der Waals surface area (Å²) in [6.07, 6.45) is 5.08. The van der Waals surface area contributed by atoms with Crippen molar-refractivity contribution >= 4 is 16.8 Å². The molecule has 1 aromatic carbocycles. The average molecular weight is 363 g/mol. The SMILES string of the molecule is CC(C)(C)NC(=O)c1n[nH]c2ccc(-c3cncc(CN4CCC4)c3)cc12. The highest BCUT2D eigenvalue weighted by atomic mass is 16.2. The number of carbonyl (C=O) groups is 1. The van der Waals surface area contributed by atoms with Crippen LogP contribution in [-0.4, -0.2) is 44.6 Å². The van der Waals surface area contributed by atoms with Crippen molar-refractivity contribution in [2.75, 3.05) is 13.1 Å². The quantitative estimate of drug-likeness (QED) is 0.745. The minimum Gasteiger partial charge on any atom is -0.346 e. The molecule has 0 spiro atoms. The Bertz CT molecular complexity index is 982. The molecule has 0 atom stereocenters. The highest BCUT2D eigenvalue weighted by Gasteiger charge is 2.20. The summed E-state index contributed by atoms with van der Waals surface area (Å²) in [5.74, 6) is -0.171. The largest absolute Gasteiger partial charge is 0.346 e. The summed E-state index contributed by atoms with van der Waals surface area (Å²) < 4.78 is 0. The number of benzene rings is 1. The van der Waals surface area contributed by atoms with Crippen LogP contribution in [0.2, 0.25) is 0 Å². The summed E-state index contributed by atoms with van der Waals surface area (Å²) in [6, 6.07) is 8.20. The standard InChI is InChI=1S/C21H25N5O/c1-21(2,3)23-20(27)19-17-10-15(5-6-18(17)24-25-19)16-9-14(11-22-12-16)13-26-7-4-8-26/h5-6,9-12H,4,7-8,13H2,1-3H3,(H,23,27)(H,24,25). The molecule has 6 nitrogen and oxygen atoms in total. The maximum Gasteiger partial charge on any atom is 0.272 e. The van der Waals surface area contributed by atoms with E-state index >= 15 is 0 Å². The lowest BCUT2D eigenvalue weighted by Gasteiger charge is -2.30. The molecule has 0 unspecified atom stereocenters. The number of nitrogens with zero attached hydrogens (tertiary/aromatic N) is 3. The Morgan fingerprint density at radius 2 is 2.00 bits per heavy atom. The van der Waals surface area contributed by atoms with E-state index in [2.05, 4.69) is 31.5 Å². The summed E-state index contributed by atoms with van der Waals surface area (Å²) in [5, 5.41) is 11.0. The minimum atomic E-state index is -0.310. The van der Waals surface area contributed by atoms with Gasteiger partial charge in [0.25, 0.3) is 5.91 Å². The predicted octanol–water partition coefficient (Wildman–Crippen LogP) is 3.36. The third-order valence-corrected chi connectivity index (χ3v) is 4.75. The average Bonchev–Trinajstić information content (AvgIpc) is 3.00. The van der Waals surface area contributed by atoms with Gasteiger partial charge in [0.2, 0.25) is 0 Å². The van der Waals surface area contributed by atoms with Gasteiger partial charge < -0.3 is 5.32 Å². The van der Waals surface area contributed by atoms with Crippen molar-refractivity contribution in [1.82, 2.24) is 25.4 Å². The van der Waals surface area contributed by atoms with Gasteiger partial charge in [0.15, 0.2) is 5.69 Å². The van der Waals surface area contributed by atoms with Crippen LogP contribution in [0.3, 0.4) is 0 Å². The van der Waals surface area contributed by atoms with Gasteiger partial charge in [0.05, 0.1) is 5.52 Å². The molecule has 2 aromatic heterocycles. The van der Waals surface area contributed by atoms with E-state index in [1.165, 1.54) is 12.0 Å². The third kappa shape index (κ3) is 3.85. The molecule has 2 N–H and O–H groups in total. The number of carbonyl (C=O) groups excluding carboxylic acids is 1. The molecule has 0 bridgehead atoms. The van der Waals surface area contributed by atoms with Crippen molar-refractivity contribution in [3.05, 3.63) is 47.9 Å². The van der Waals surface area contributed by atoms with Gasteiger partial charge in [-0.25, -0.2) is 0 Å². The molecule has 0 aliphatic carbocycles. The van der Waals surface area contributed by atoms with Crippen LogP contribution >= 0.6 is 0 Å². The highest BCUT2D eigenvalue weighted by Crippen LogP contribution is 2.26. The Morgan fingerprint density at radius 3 is 2.70 bits per heavy atom. The second kappa shape index (κ2) is 6.78. The molecule has 4 rings (SSSR count). The molecular formula is C21H25N5O. The highest BCUT2D eigenvalue weighted by molar-refractivity contribution is 6.05. The molecule has 1 amide bonds. The van der Waals surface area contributed by atoms with Crippen molar-refractivity contribution in [3.8, 4) is 11.1 Å². The van der Waals surface area contributed by atoms with Crippen LogP contribution in [-0.2, 0) is 6.54 Å². The van der Waals surface area contributed by atoms with E-state index in [1.807, 2.05) is 51.4 Å². The number of rotatable bonds is 4. The van der Waals surface area contributed by atoms with Gasteiger partial charge >= 0.3 is 0 Å². The second-order valence-corrected chi connectivity index (χ2v) is 8.25. The number of fused-ring (bicyclic) bond motifs is 1. The van der Waals surface area contributed by atoms with Crippen LogP contribution in [0.4, 0.5) is 0 Å². The molecular weight excluding hydrogens is 338 g/mol. The lowest BCUT2D eigenvalue weighted by atomic mass is 10.0. The van der Waals surface area contributed by atoms with Crippen LogP contribution in [0, 0.1) is 0 Å². The predicted molar refractivity (Wildman–Crippen MR) is 106 cm³/mol. The van der Waals surface area contributed by atoms with Crippen LogP contribution in [0.15, 0.2) is 36.7 Å². The monoisotopic (exact) mass is 363 g/mol. The first-order chi connectivity index (χ1) is 12.9. The number of hydrogen-bond donors (Lipinski definition) is 2. The Labute approximate surface area is 159 Å². The molecule has 3 heterocycles. The minimum absolute atomic E-state index is 0.171. The Balaban J connectivity index is 1.66. The molecule has 0 saturated carbocycles. The molecule has 6 heteroatoms. The Morgan fingerprint density at radius 1 is 1.19 bits per heavy atom. The van der Waals surface area contributed by atoms with E-state index in [-0.39, 0.29) is 11.4 Å². The first-order valence-electron chi connectivity index (χ1n) is 9.36. The maximum atomic E-state index is 12.6. The van der Waals surface area contributed by atoms with Gasteiger partial charge in [-0.15, -0.1) is 0 Å². The van der Waals surface area contributed by atoms with Crippen molar-refractivity contribution in [2.45, 2.75) is 39.3 Å². The van der Waals surface area contributed by atoms with Crippen molar-refractivity contribution in [3.63, 3.8) is 0 Å². The summed E-state index contributed by atoms with van der Waals surface area (Å²) in [7, 11) is 0. The molecule has 3 aromatic rings. The van der Waals surface area contributed by atoms with Gasteiger partial charge in [0, 0.05) is 35.4 Å². The fourth-order valence-electron chi connectivity index (χ4n) is 3.30. The molecule has 1 aliphatic rings. The molecule has 1 fully saturated rings. The van der Waals surface area contributed by atoms with E-state index in [0.717, 1.165) is 41.7 Å². The van der Waals surface area contributed by atoms with E-state index in [4.69, 9.17) is 0 Å². The first-order valence-corrected chi connectivity index (χ1v) is 9.36. The third-order valence-electron chi connectivity index (χ3n) is 4.75. The van der Waals surface area contributed by atoms with E-state index < -0.39 is 0 Å². The second-order valence-electron chi connectivity index (χ2n) is 8.25. The summed E-state index contributed by atoms with van der Waals surface area (Å²) >= 11 is 0. The summed E-state index contributed by atoms with van der Waals surface area (Å²) in [5.41, 5.74) is 4.26. The van der Waals surface area contributed by atoms with Crippen LogP contribution in [0.1, 0.15) is 43.2 Å². The zero-order chi connectivity index (χ0) is 19.0. The van der Waals surface area contributed by atoms with Crippen molar-refractivity contribution < 1.29 is 4.79 Å². The lowest BCUT2D eigenvalue weighted by molar-refractivity contribution is 0.0916. The number of pyridine rings is 1. The van der Waals surface area contributed by atoms with Crippen molar-refractivity contribution in [1.29, 1.82) is 0 Å². The number of aromatic amines is 1. The van der Waals surface area contributed by atoms with Gasteiger partial charge in [-0.3, -0.25) is 19.8 Å². The van der Waals surface area contributed by atoms with E-state index in [0.29, 0.717) is 5.69 Å². The van der Waals surface area contributed by atoms with E-state index in [9.17, 15) is 4.79 Å². The molecule has 0 radical (unpaired) electrons. The van der Waals surface area contributed by atoms with Gasteiger partial charge in [0.1, 0.15) is 0 Å². The lowest BCUT2D eigenvalue weighted by Crippen LogP contribution is -2.40. The molecule has 1 saturated heterocycles. The number of H-pyrrole nitrogens is 1. The maximum absolute atomic E-state index is 12.6. The molecule has 27 heavy (non-hydrogen) atoms. The number of aromatic nitrogens is 3. The normalized spacial score (nSPS) is 14.9. The van der Waals surface area contributed by atoms with E-state index in [1.54, 1.807) is 0 Å². The van der Waals surface area contributed by atoms with Gasteiger partial charge in [-0.05, 0) is 69.6 Å². The fourth-order valence-corrected chi connectivity index (χ4v) is 3.30. The first kappa shape index (κ1) is 17.7. The number of hydrogen-bond acceptors (Lipinski definition) is 4. The zero-order valence-corrected chi connectivity index (χ0v) is 16.0. The molecule has 140 valence electrons. The number of amides is 1. The van der Waals surface area contributed by atoms with Crippen LogP contribution in [0.5, 0.6) is 0 Å². The van der Waals surface area contributed by atoms with Crippen LogP contribution in [0.25, 0.3) is 22.0 Å². The number of likely N-dealkylation sites (tertiary alicyclic amines) is 1. The van der Waals surface area contributed by atoms with Crippen LogP contribution < -0.4 is 5.32 Å².